The third-order valence-corrected chi connectivity index (χ3v) is 10.3. The molecule has 8 unspecified atom stereocenters. The summed E-state index contributed by atoms with van der Waals surface area (Å²) < 4.78 is 5.91. The topological polar surface area (TPSA) is 69.9 Å². The van der Waals surface area contributed by atoms with Gasteiger partial charge in [0.15, 0.2) is 11.6 Å². The largest absolute Gasteiger partial charge is 0.384 e. The van der Waals surface area contributed by atoms with Gasteiger partial charge in [0.2, 0.25) is 0 Å². The van der Waals surface area contributed by atoms with Gasteiger partial charge < -0.3 is 4.74 Å². The van der Waals surface area contributed by atoms with E-state index in [1.807, 2.05) is 14.0 Å². The van der Waals surface area contributed by atoms with Crippen LogP contribution >= 0.6 is 0 Å². The highest BCUT2D eigenvalue weighted by atomic mass is 16.5. The molecule has 4 saturated carbocycles. The molecule has 0 N–H and O–H groups in total. The van der Waals surface area contributed by atoms with Crippen LogP contribution < -0.4 is 0 Å². The molecule has 0 aliphatic heterocycles. The summed E-state index contributed by atoms with van der Waals surface area (Å²) in [5.41, 5.74) is 0.521. The van der Waals surface area contributed by atoms with Gasteiger partial charge in [-0.15, -0.1) is 10.2 Å². The summed E-state index contributed by atoms with van der Waals surface area (Å²) in [6.45, 7) is 7.91. The molecule has 0 saturated heterocycles. The summed E-state index contributed by atoms with van der Waals surface area (Å²) in [5, 5.41) is 12.2. The first-order valence-corrected chi connectivity index (χ1v) is 12.6. The van der Waals surface area contributed by atoms with E-state index in [1.165, 1.54) is 56.2 Å². The van der Waals surface area contributed by atoms with Crippen LogP contribution in [-0.4, -0.2) is 39.7 Å². The molecule has 6 heteroatoms. The van der Waals surface area contributed by atoms with Crippen molar-refractivity contribution in [2.24, 2.45) is 46.3 Å². The summed E-state index contributed by atoms with van der Waals surface area (Å²) in [6.07, 6.45) is 11.5. The maximum Gasteiger partial charge on any atom is 0.171 e. The van der Waals surface area contributed by atoms with Gasteiger partial charge in [0.1, 0.15) is 6.54 Å². The zero-order valence-corrected chi connectivity index (χ0v) is 19.8. The van der Waals surface area contributed by atoms with Gasteiger partial charge in [0.25, 0.3) is 0 Å². The van der Waals surface area contributed by atoms with Gasteiger partial charge in [-0.25, -0.2) is 0 Å². The number of ketones is 1. The molecule has 4 aliphatic carbocycles. The Morgan fingerprint density at radius 2 is 1.97 bits per heavy atom. The van der Waals surface area contributed by atoms with Gasteiger partial charge >= 0.3 is 0 Å². The summed E-state index contributed by atoms with van der Waals surface area (Å²) in [7, 11) is 1.91. The molecule has 5 rings (SSSR count). The molecule has 172 valence electrons. The second kappa shape index (κ2) is 7.93. The Balaban J connectivity index is 1.37. The highest BCUT2D eigenvalue weighted by Gasteiger charge is 2.62. The number of methoxy groups -OCH3 is 1. The van der Waals surface area contributed by atoms with Crippen molar-refractivity contribution < 1.29 is 9.53 Å². The number of fused-ring (bicyclic) bond motifs is 5. The first-order valence-electron chi connectivity index (χ1n) is 12.6. The van der Waals surface area contributed by atoms with Gasteiger partial charge in [-0.2, -0.15) is 4.80 Å². The smallest absolute Gasteiger partial charge is 0.171 e. The number of hydrogen-bond acceptors (Lipinski definition) is 5. The fourth-order valence-electron chi connectivity index (χ4n) is 8.98. The van der Waals surface area contributed by atoms with Gasteiger partial charge in [-0.3, -0.25) is 4.79 Å². The highest BCUT2D eigenvalue weighted by Crippen LogP contribution is 2.68. The number of Topliss-reactive ketones (excluding diaryl/α,β-unsaturated/α-hetero) is 1. The van der Waals surface area contributed by atoms with E-state index in [-0.39, 0.29) is 17.9 Å². The van der Waals surface area contributed by atoms with E-state index < -0.39 is 0 Å². The Labute approximate surface area is 186 Å². The van der Waals surface area contributed by atoms with E-state index in [0.29, 0.717) is 22.9 Å². The molecule has 1 heterocycles. The number of carbonyl (C=O) groups is 1. The minimum absolute atomic E-state index is 0.136. The normalized spacial score (nSPS) is 44.4. The van der Waals surface area contributed by atoms with Crippen LogP contribution in [0.3, 0.4) is 0 Å². The molecule has 4 aliphatic rings. The lowest BCUT2D eigenvalue weighted by Gasteiger charge is -2.61. The molecule has 0 bridgehead atoms. The first-order chi connectivity index (χ1) is 14.9. The van der Waals surface area contributed by atoms with Crippen molar-refractivity contribution in [1.82, 2.24) is 20.2 Å². The first kappa shape index (κ1) is 21.5. The van der Waals surface area contributed by atoms with Gasteiger partial charge in [0, 0.05) is 13.0 Å². The summed E-state index contributed by atoms with van der Waals surface area (Å²) in [4.78, 5) is 14.8. The van der Waals surface area contributed by atoms with Crippen molar-refractivity contribution >= 4 is 5.78 Å². The second-order valence-electron chi connectivity index (χ2n) is 11.7. The van der Waals surface area contributed by atoms with Gasteiger partial charge in [0.05, 0.1) is 6.61 Å². The molecular formula is C25H40N4O2. The van der Waals surface area contributed by atoms with Crippen LogP contribution in [0.5, 0.6) is 0 Å². The predicted molar refractivity (Wildman–Crippen MR) is 118 cm³/mol. The Morgan fingerprint density at radius 3 is 2.71 bits per heavy atom. The van der Waals surface area contributed by atoms with E-state index in [4.69, 9.17) is 4.74 Å². The average Bonchev–Trinajstić information content (AvgIpc) is 3.30. The number of carbonyl (C=O) groups excluding carboxylic acids is 1. The number of ether oxygens (including phenoxy) is 1. The fraction of sp³-hybridized carbons (Fsp3) is 0.920. The van der Waals surface area contributed by atoms with E-state index in [2.05, 4.69) is 29.3 Å². The van der Waals surface area contributed by atoms with E-state index in [1.54, 1.807) is 0 Å². The maximum atomic E-state index is 13.3. The van der Waals surface area contributed by atoms with Crippen molar-refractivity contribution in [2.75, 3.05) is 13.7 Å². The predicted octanol–water partition coefficient (Wildman–Crippen LogP) is 4.47. The van der Waals surface area contributed by atoms with Crippen molar-refractivity contribution in [3.63, 3.8) is 0 Å². The van der Waals surface area contributed by atoms with Crippen molar-refractivity contribution in [3.8, 4) is 0 Å². The standard InChI is InChI=1S/C25H40N4O2/c1-16-9-12-25(15-31-4)18(13-16)5-6-19-20-7-8-22(24(20,3)11-10-21(19)25)23(30)14-29-27-17(2)26-28-29/h16,18-22H,5-15H2,1-4H3. The van der Waals surface area contributed by atoms with Crippen molar-refractivity contribution in [3.05, 3.63) is 5.82 Å². The molecule has 8 atom stereocenters. The van der Waals surface area contributed by atoms with Gasteiger partial charge in [-0.05, 0) is 104 Å². The van der Waals surface area contributed by atoms with E-state index >= 15 is 0 Å². The molecule has 0 radical (unpaired) electrons. The summed E-state index contributed by atoms with van der Waals surface area (Å²) in [5.74, 6) is 5.02. The zero-order valence-electron chi connectivity index (χ0n) is 19.8. The zero-order chi connectivity index (χ0) is 21.8. The molecule has 6 nitrogen and oxygen atoms in total. The number of aryl methyl sites for hydroxylation is 1. The monoisotopic (exact) mass is 428 g/mol. The van der Waals surface area contributed by atoms with Crippen LogP contribution in [0.15, 0.2) is 0 Å². The fourth-order valence-corrected chi connectivity index (χ4v) is 8.98. The molecule has 1 aromatic heterocycles. The molecular weight excluding hydrogens is 388 g/mol. The van der Waals surface area contributed by atoms with E-state index in [0.717, 1.165) is 36.7 Å². The van der Waals surface area contributed by atoms with Crippen LogP contribution in [0.2, 0.25) is 0 Å². The Kier molecular flexibility index (Phi) is 5.51. The average molecular weight is 429 g/mol. The number of aromatic nitrogens is 4. The SMILES string of the molecule is COCC12CCC(C)CC1CCC1C3CCC(C(=O)Cn4nnc(C)n4)C3(C)CCC12. The lowest BCUT2D eigenvalue weighted by molar-refractivity contribution is -0.154. The van der Waals surface area contributed by atoms with Crippen LogP contribution in [0.25, 0.3) is 0 Å². The van der Waals surface area contributed by atoms with Crippen molar-refractivity contribution in [1.29, 1.82) is 0 Å². The Hall–Kier alpha value is -1.30. The minimum atomic E-state index is 0.136. The molecule has 0 aromatic carbocycles. The maximum absolute atomic E-state index is 13.3. The van der Waals surface area contributed by atoms with Crippen LogP contribution in [-0.2, 0) is 16.1 Å². The lowest BCUT2D eigenvalue weighted by atomic mass is 9.44. The number of hydrogen-bond donors (Lipinski definition) is 0. The lowest BCUT2D eigenvalue weighted by Crippen LogP contribution is -2.56. The third-order valence-electron chi connectivity index (χ3n) is 10.3. The number of tetrazole rings is 1. The molecule has 4 fully saturated rings. The molecule has 1 aromatic rings. The Morgan fingerprint density at radius 1 is 1.13 bits per heavy atom. The molecule has 0 amide bonds. The third kappa shape index (κ3) is 3.39. The second-order valence-corrected chi connectivity index (χ2v) is 11.7. The summed E-state index contributed by atoms with van der Waals surface area (Å²) >= 11 is 0. The summed E-state index contributed by atoms with van der Waals surface area (Å²) in [6, 6.07) is 0. The highest BCUT2D eigenvalue weighted by molar-refractivity contribution is 5.81. The quantitative estimate of drug-likeness (QED) is 0.692. The van der Waals surface area contributed by atoms with Crippen LogP contribution in [0.1, 0.15) is 77.5 Å². The number of nitrogens with zero attached hydrogens (tertiary/aromatic N) is 4. The van der Waals surface area contributed by atoms with Crippen LogP contribution in [0.4, 0.5) is 0 Å². The number of rotatable bonds is 5. The van der Waals surface area contributed by atoms with Crippen molar-refractivity contribution in [2.45, 2.75) is 85.1 Å². The molecule has 0 spiro atoms. The van der Waals surface area contributed by atoms with Gasteiger partial charge in [-0.1, -0.05) is 20.3 Å². The Bertz CT molecular complexity index is 824. The van der Waals surface area contributed by atoms with E-state index in [9.17, 15) is 4.79 Å². The van der Waals surface area contributed by atoms with Crippen LogP contribution in [0, 0.1) is 53.3 Å². The molecule has 31 heavy (non-hydrogen) atoms. The minimum Gasteiger partial charge on any atom is -0.384 e.